The zero-order valence-electron chi connectivity index (χ0n) is 31.0. The maximum atomic E-state index is 14.6. The van der Waals surface area contributed by atoms with Gasteiger partial charge in [0.2, 0.25) is 11.8 Å². The molecule has 1 atom stereocenters. The molecule has 0 bridgehead atoms. The Bertz CT molecular complexity index is 2130. The molecule has 8 rings (SSSR count). The van der Waals surface area contributed by atoms with E-state index in [1.165, 1.54) is 19.1 Å². The minimum absolute atomic E-state index is 0.0420. The van der Waals surface area contributed by atoms with Gasteiger partial charge in [0.15, 0.2) is 0 Å². The van der Waals surface area contributed by atoms with E-state index in [4.69, 9.17) is 0 Å². The van der Waals surface area contributed by atoms with Gasteiger partial charge in [-0.3, -0.25) is 19.2 Å². The summed E-state index contributed by atoms with van der Waals surface area (Å²) in [6.07, 6.45) is 3.99. The first-order valence-electron chi connectivity index (χ1n) is 18.4. The summed E-state index contributed by atoms with van der Waals surface area (Å²) in [6, 6.07) is 24.7. The van der Waals surface area contributed by atoms with E-state index in [0.717, 1.165) is 28.9 Å². The summed E-state index contributed by atoms with van der Waals surface area (Å²) >= 11 is 0. The molecule has 56 heavy (non-hydrogen) atoms. The van der Waals surface area contributed by atoms with Crippen LogP contribution in [0.15, 0.2) is 97.3 Å². The number of para-hydroxylation sites is 2. The highest BCUT2D eigenvalue weighted by Crippen LogP contribution is 2.33. The second-order valence-electron chi connectivity index (χ2n) is 13.9. The highest BCUT2D eigenvalue weighted by Gasteiger charge is 2.27. The zero-order valence-corrected chi connectivity index (χ0v) is 31.0. The van der Waals surface area contributed by atoms with Gasteiger partial charge in [0.05, 0.1) is 22.5 Å². The van der Waals surface area contributed by atoms with Gasteiger partial charge >= 0.3 is 0 Å². The standard InChI is InChI=1S/2C21H21FN4O2/c1-14(27)25-8-10-26(11-9-25)20-7-6-15(12-18(20)22)23-13-17-16-4-2-3-5-19(16)24-21(17)28;1-13(27)24-15-8-9-26(12-15)20-7-6-14(10-18(20)22)23-11-17-16-4-2-3-5-19(16)25-21(17)28/h2-7,12-13,23H,8-11H2,1H3,(H,24,28);2-7,10-11,15,23H,8-9,12H2,1H3,(H,24,27)(H,25,28)/b17-13+;17-11-. The number of fused-ring (bicyclic) bond motifs is 2. The van der Waals surface area contributed by atoms with Crippen LogP contribution in [0.25, 0.3) is 11.1 Å². The average Bonchev–Trinajstić information content (AvgIpc) is 3.87. The predicted molar refractivity (Wildman–Crippen MR) is 215 cm³/mol. The molecule has 0 aromatic heterocycles. The van der Waals surface area contributed by atoms with Gasteiger partial charge in [0.1, 0.15) is 11.6 Å². The van der Waals surface area contributed by atoms with E-state index in [1.807, 2.05) is 58.3 Å². The van der Waals surface area contributed by atoms with Crippen LogP contribution in [0.5, 0.6) is 0 Å². The predicted octanol–water partition coefficient (Wildman–Crippen LogP) is 5.84. The monoisotopic (exact) mass is 760 g/mol. The van der Waals surface area contributed by atoms with Crippen LogP contribution in [0.4, 0.5) is 42.9 Å². The molecule has 0 aliphatic carbocycles. The molecule has 2 fully saturated rings. The van der Waals surface area contributed by atoms with Crippen LogP contribution in [-0.4, -0.2) is 73.8 Å². The zero-order chi connectivity index (χ0) is 39.3. The number of hydrogen-bond donors (Lipinski definition) is 5. The largest absolute Gasteiger partial charge is 0.367 e. The van der Waals surface area contributed by atoms with Gasteiger partial charge in [-0.05, 0) is 55.0 Å². The molecule has 0 saturated carbocycles. The van der Waals surface area contributed by atoms with Crippen molar-refractivity contribution in [2.24, 2.45) is 0 Å². The topological polar surface area (TPSA) is 138 Å². The van der Waals surface area contributed by atoms with Gasteiger partial charge in [-0.1, -0.05) is 36.4 Å². The Balaban J connectivity index is 0.000000172. The number of amides is 4. The third-order valence-corrected chi connectivity index (χ3v) is 10.1. The third kappa shape index (κ3) is 8.33. The lowest BCUT2D eigenvalue weighted by molar-refractivity contribution is -0.129. The first-order valence-corrected chi connectivity index (χ1v) is 18.4. The molecule has 2 saturated heterocycles. The quantitative estimate of drug-likeness (QED) is 0.148. The minimum atomic E-state index is -0.344. The minimum Gasteiger partial charge on any atom is -0.367 e. The van der Waals surface area contributed by atoms with Crippen LogP contribution < -0.4 is 36.4 Å². The molecule has 0 spiro atoms. The van der Waals surface area contributed by atoms with E-state index in [9.17, 15) is 28.0 Å². The van der Waals surface area contributed by atoms with Crippen molar-refractivity contribution in [3.8, 4) is 0 Å². The second-order valence-corrected chi connectivity index (χ2v) is 13.9. The van der Waals surface area contributed by atoms with E-state index in [1.54, 1.807) is 48.5 Å². The number of piperazine rings is 1. The Labute approximate surface area is 323 Å². The second kappa shape index (κ2) is 16.3. The molecular formula is C42H42F2N8O4. The molecule has 4 aliphatic rings. The molecular weight excluding hydrogens is 719 g/mol. The molecule has 1 unspecified atom stereocenters. The number of anilines is 6. The van der Waals surface area contributed by atoms with Gasteiger partial charge < -0.3 is 41.3 Å². The Morgan fingerprint density at radius 1 is 0.679 bits per heavy atom. The third-order valence-electron chi connectivity index (χ3n) is 10.1. The van der Waals surface area contributed by atoms with Crippen LogP contribution >= 0.6 is 0 Å². The van der Waals surface area contributed by atoms with Crippen LogP contribution in [0.1, 0.15) is 31.4 Å². The SMILES string of the molecule is CC(=O)N1CCN(c2ccc(N/C=C3/C(=O)Nc4ccccc43)cc2F)CC1.CC(=O)NC1CCN(c2ccc(N/C=C3\C(=O)Nc4ccccc43)cc2F)C1. The molecule has 288 valence electrons. The molecule has 4 aliphatic heterocycles. The van der Waals surface area contributed by atoms with Crippen LogP contribution in [0.3, 0.4) is 0 Å². The molecule has 12 nitrogen and oxygen atoms in total. The fourth-order valence-corrected chi connectivity index (χ4v) is 7.23. The van der Waals surface area contributed by atoms with E-state index in [-0.39, 0.29) is 41.3 Å². The summed E-state index contributed by atoms with van der Waals surface area (Å²) in [7, 11) is 0. The average molecular weight is 761 g/mol. The lowest BCUT2D eigenvalue weighted by Crippen LogP contribution is -2.48. The fraction of sp³-hybridized carbons (Fsp3) is 0.238. The van der Waals surface area contributed by atoms with Crippen molar-refractivity contribution in [2.75, 3.05) is 70.3 Å². The summed E-state index contributed by atoms with van der Waals surface area (Å²) in [6.45, 7) is 6.70. The number of rotatable bonds is 7. The van der Waals surface area contributed by atoms with E-state index in [0.29, 0.717) is 73.2 Å². The number of carbonyl (C=O) groups is 4. The van der Waals surface area contributed by atoms with Crippen molar-refractivity contribution in [3.05, 3.63) is 120 Å². The smallest absolute Gasteiger partial charge is 0.257 e. The Morgan fingerprint density at radius 2 is 1.18 bits per heavy atom. The lowest BCUT2D eigenvalue weighted by Gasteiger charge is -2.35. The maximum absolute atomic E-state index is 14.6. The molecule has 5 N–H and O–H groups in total. The number of carbonyl (C=O) groups excluding carboxylic acids is 4. The number of benzene rings is 4. The lowest BCUT2D eigenvalue weighted by atomic mass is 10.1. The van der Waals surface area contributed by atoms with Gasteiger partial charge in [-0.25, -0.2) is 8.78 Å². The highest BCUT2D eigenvalue weighted by atomic mass is 19.1. The first kappa shape index (κ1) is 37.6. The van der Waals surface area contributed by atoms with Gasteiger partial charge in [-0.15, -0.1) is 0 Å². The van der Waals surface area contributed by atoms with Crippen LogP contribution in [0, 0.1) is 11.6 Å². The summed E-state index contributed by atoms with van der Waals surface area (Å²) in [4.78, 5) is 52.5. The van der Waals surface area contributed by atoms with Crippen molar-refractivity contribution < 1.29 is 28.0 Å². The van der Waals surface area contributed by atoms with E-state index in [2.05, 4.69) is 26.6 Å². The molecule has 4 amide bonds. The maximum Gasteiger partial charge on any atom is 0.257 e. The Kier molecular flexibility index (Phi) is 11.0. The Hall–Kier alpha value is -6.70. The van der Waals surface area contributed by atoms with Gasteiger partial charge in [0.25, 0.3) is 11.8 Å². The van der Waals surface area contributed by atoms with Crippen molar-refractivity contribution in [1.29, 1.82) is 0 Å². The van der Waals surface area contributed by atoms with Crippen LogP contribution in [0.2, 0.25) is 0 Å². The molecule has 14 heteroatoms. The number of hydrogen-bond acceptors (Lipinski definition) is 8. The molecule has 0 radical (unpaired) electrons. The van der Waals surface area contributed by atoms with Gasteiger partial charge in [-0.2, -0.15) is 0 Å². The summed E-state index contributed by atoms with van der Waals surface area (Å²) in [5, 5.41) is 14.5. The summed E-state index contributed by atoms with van der Waals surface area (Å²) in [5.41, 5.74) is 6.35. The first-order chi connectivity index (χ1) is 27.0. The number of nitrogens with zero attached hydrogens (tertiary/aromatic N) is 3. The van der Waals surface area contributed by atoms with Crippen molar-refractivity contribution in [3.63, 3.8) is 0 Å². The van der Waals surface area contributed by atoms with Crippen molar-refractivity contribution >= 4 is 68.9 Å². The molecule has 4 aromatic rings. The fourth-order valence-electron chi connectivity index (χ4n) is 7.23. The van der Waals surface area contributed by atoms with Crippen LogP contribution in [-0.2, 0) is 19.2 Å². The number of halogens is 2. The summed E-state index contributed by atoms with van der Waals surface area (Å²) in [5.74, 6) is -1.08. The normalized spacial score (nSPS) is 18.5. The summed E-state index contributed by atoms with van der Waals surface area (Å²) < 4.78 is 29.3. The van der Waals surface area contributed by atoms with Crippen molar-refractivity contribution in [1.82, 2.24) is 10.2 Å². The Morgan fingerprint density at radius 3 is 1.66 bits per heavy atom. The highest BCUT2D eigenvalue weighted by molar-refractivity contribution is 6.32. The van der Waals surface area contributed by atoms with E-state index < -0.39 is 0 Å². The van der Waals surface area contributed by atoms with Gasteiger partial charge in [0, 0.05) is 105 Å². The molecule has 4 aromatic carbocycles. The van der Waals surface area contributed by atoms with E-state index >= 15 is 0 Å². The number of nitrogens with one attached hydrogen (secondary N) is 5. The van der Waals surface area contributed by atoms with Crippen molar-refractivity contribution in [2.45, 2.75) is 26.3 Å². The molecule has 4 heterocycles.